The van der Waals surface area contributed by atoms with Crippen LogP contribution in [0.3, 0.4) is 0 Å². The number of hydrogen-bond acceptors (Lipinski definition) is 9. The molecule has 0 bridgehead atoms. The third-order valence-corrected chi connectivity index (χ3v) is 16.6. The van der Waals surface area contributed by atoms with Crippen LogP contribution >= 0.6 is 11.8 Å². The first-order chi connectivity index (χ1) is 25.4. The number of rotatable bonds is 15. The average Bonchev–Trinajstić information content (AvgIpc) is 3.49. The van der Waals surface area contributed by atoms with Crippen molar-refractivity contribution < 1.29 is 38.0 Å². The predicted octanol–water partition coefficient (Wildman–Crippen LogP) is 6.82. The molecule has 284 valence electrons. The smallest absolute Gasteiger partial charge is 0.261 e. The molecule has 1 N–H and O–H groups in total. The molecule has 0 radical (unpaired) electrons. The van der Waals surface area contributed by atoms with E-state index in [1.54, 1.807) is 26.0 Å². The van der Waals surface area contributed by atoms with Crippen LogP contribution in [0.1, 0.15) is 40.2 Å². The SMILES string of the molecule is COCO[C@H]1[C@@H]2OC(C)(C)O[C@@H]2[C@H](OCc2ccc(OC)cc2)[C@@](O)(CSc2ccccc2)[C@H]1CO[Si](c1ccccc1)(c1ccccc1)C(C)(C)C. The van der Waals surface area contributed by atoms with Crippen LogP contribution in [0.4, 0.5) is 0 Å². The van der Waals surface area contributed by atoms with Gasteiger partial charge < -0.3 is 38.0 Å². The van der Waals surface area contributed by atoms with Gasteiger partial charge in [0.15, 0.2) is 5.79 Å². The Balaban J connectivity index is 1.47. The van der Waals surface area contributed by atoms with Crippen molar-refractivity contribution in [3.05, 3.63) is 121 Å². The van der Waals surface area contributed by atoms with Gasteiger partial charge in [0.25, 0.3) is 8.32 Å². The molecule has 1 aliphatic heterocycles. The van der Waals surface area contributed by atoms with Crippen molar-refractivity contribution in [1.29, 1.82) is 0 Å². The molecule has 0 amide bonds. The Morgan fingerprint density at radius 3 is 1.87 bits per heavy atom. The number of fused-ring (bicyclic) bond motifs is 1. The molecule has 53 heavy (non-hydrogen) atoms. The molecule has 1 saturated heterocycles. The lowest BCUT2D eigenvalue weighted by atomic mass is 9.70. The van der Waals surface area contributed by atoms with Crippen LogP contribution in [0.25, 0.3) is 0 Å². The largest absolute Gasteiger partial charge is 0.497 e. The van der Waals surface area contributed by atoms with Crippen molar-refractivity contribution in [2.24, 2.45) is 5.92 Å². The number of aliphatic hydroxyl groups is 1. The number of thioether (sulfide) groups is 1. The first kappa shape index (κ1) is 39.7. The van der Waals surface area contributed by atoms with Crippen LogP contribution in [-0.4, -0.2) is 82.6 Å². The van der Waals surface area contributed by atoms with Gasteiger partial charge in [-0.15, -0.1) is 11.8 Å². The molecule has 4 aromatic rings. The highest BCUT2D eigenvalue weighted by Gasteiger charge is 2.66. The molecule has 6 rings (SSSR count). The van der Waals surface area contributed by atoms with Gasteiger partial charge in [0.05, 0.1) is 19.8 Å². The van der Waals surface area contributed by atoms with Gasteiger partial charge in [-0.05, 0) is 59.1 Å². The topological polar surface area (TPSA) is 84.8 Å². The molecule has 2 aliphatic rings. The lowest BCUT2D eigenvalue weighted by Gasteiger charge is -2.53. The van der Waals surface area contributed by atoms with Gasteiger partial charge in [0.2, 0.25) is 0 Å². The second-order valence-electron chi connectivity index (χ2n) is 15.4. The summed E-state index contributed by atoms with van der Waals surface area (Å²) in [5, 5.41) is 15.6. The molecule has 8 nitrogen and oxygen atoms in total. The number of hydrogen-bond donors (Lipinski definition) is 1. The molecule has 10 heteroatoms. The third kappa shape index (κ3) is 8.46. The van der Waals surface area contributed by atoms with Gasteiger partial charge in [0.1, 0.15) is 36.5 Å². The molecule has 1 saturated carbocycles. The summed E-state index contributed by atoms with van der Waals surface area (Å²) < 4.78 is 45.2. The maximum absolute atomic E-state index is 13.6. The van der Waals surface area contributed by atoms with E-state index in [9.17, 15) is 5.11 Å². The molecule has 2 fully saturated rings. The maximum Gasteiger partial charge on any atom is 0.261 e. The fourth-order valence-corrected chi connectivity index (χ4v) is 13.6. The molecule has 0 unspecified atom stereocenters. The third-order valence-electron chi connectivity index (χ3n) is 10.4. The first-order valence-electron chi connectivity index (χ1n) is 18.3. The van der Waals surface area contributed by atoms with E-state index >= 15 is 0 Å². The van der Waals surface area contributed by atoms with E-state index in [0.29, 0.717) is 5.75 Å². The van der Waals surface area contributed by atoms with E-state index in [1.807, 2.05) is 68.4 Å². The van der Waals surface area contributed by atoms with Crippen LogP contribution in [-0.2, 0) is 34.7 Å². The summed E-state index contributed by atoms with van der Waals surface area (Å²) in [4.78, 5) is 1.03. The molecule has 4 aromatic carbocycles. The van der Waals surface area contributed by atoms with E-state index in [2.05, 4.69) is 81.4 Å². The highest BCUT2D eigenvalue weighted by atomic mass is 32.2. The van der Waals surface area contributed by atoms with Crippen molar-refractivity contribution in [1.82, 2.24) is 0 Å². The minimum Gasteiger partial charge on any atom is -0.497 e. The zero-order valence-corrected chi connectivity index (χ0v) is 33.7. The van der Waals surface area contributed by atoms with Gasteiger partial charge >= 0.3 is 0 Å². The van der Waals surface area contributed by atoms with Crippen LogP contribution < -0.4 is 15.1 Å². The lowest BCUT2D eigenvalue weighted by molar-refractivity contribution is -0.256. The Labute approximate surface area is 320 Å². The molecular weight excluding hydrogens is 705 g/mol. The van der Waals surface area contributed by atoms with Crippen molar-refractivity contribution >= 4 is 30.5 Å². The quantitative estimate of drug-likeness (QED) is 0.0798. The van der Waals surface area contributed by atoms with Gasteiger partial charge in [-0.25, -0.2) is 0 Å². The molecular formula is C43H54O8SSi. The van der Waals surface area contributed by atoms with E-state index in [0.717, 1.165) is 26.6 Å². The zero-order valence-electron chi connectivity index (χ0n) is 31.9. The van der Waals surface area contributed by atoms with Gasteiger partial charge in [-0.3, -0.25) is 0 Å². The summed E-state index contributed by atoms with van der Waals surface area (Å²) in [6.45, 7) is 11.0. The minimum atomic E-state index is -3.04. The van der Waals surface area contributed by atoms with Crippen LogP contribution in [0.2, 0.25) is 5.04 Å². The van der Waals surface area contributed by atoms with Crippen molar-refractivity contribution in [2.75, 3.05) is 33.4 Å². The number of ether oxygens (including phenoxy) is 6. The normalized spacial score (nSPS) is 25.5. The molecule has 1 aliphatic carbocycles. The molecule has 1 heterocycles. The zero-order chi connectivity index (χ0) is 37.7. The predicted molar refractivity (Wildman–Crippen MR) is 211 cm³/mol. The number of benzene rings is 4. The van der Waals surface area contributed by atoms with E-state index in [4.69, 9.17) is 32.8 Å². The second-order valence-corrected chi connectivity index (χ2v) is 20.7. The van der Waals surface area contributed by atoms with Crippen LogP contribution in [0.5, 0.6) is 5.75 Å². The summed E-state index contributed by atoms with van der Waals surface area (Å²) >= 11 is 1.58. The highest BCUT2D eigenvalue weighted by Crippen LogP contribution is 2.49. The summed E-state index contributed by atoms with van der Waals surface area (Å²) in [5.74, 6) is -0.517. The Morgan fingerprint density at radius 2 is 1.32 bits per heavy atom. The van der Waals surface area contributed by atoms with E-state index < -0.39 is 50.0 Å². The minimum absolute atomic E-state index is 0.00662. The monoisotopic (exact) mass is 758 g/mol. The van der Waals surface area contributed by atoms with Gasteiger partial charge in [-0.2, -0.15) is 0 Å². The van der Waals surface area contributed by atoms with Crippen LogP contribution in [0.15, 0.2) is 120 Å². The number of methoxy groups -OCH3 is 2. The van der Waals surface area contributed by atoms with Gasteiger partial charge in [0, 0.05) is 30.3 Å². The Kier molecular flexibility index (Phi) is 12.5. The Bertz CT molecular complexity index is 1680. The Hall–Kier alpha value is -3.03. The highest BCUT2D eigenvalue weighted by molar-refractivity contribution is 7.99. The summed E-state index contributed by atoms with van der Waals surface area (Å²) in [5.41, 5.74) is -0.571. The van der Waals surface area contributed by atoms with E-state index in [-0.39, 0.29) is 25.0 Å². The fourth-order valence-electron chi connectivity index (χ4n) is 7.94. The molecule has 0 aromatic heterocycles. The lowest BCUT2D eigenvalue weighted by Crippen LogP contribution is -2.72. The molecule has 6 atom stereocenters. The van der Waals surface area contributed by atoms with Crippen LogP contribution in [0, 0.1) is 5.92 Å². The maximum atomic E-state index is 13.6. The molecule has 0 spiro atoms. The van der Waals surface area contributed by atoms with Gasteiger partial charge in [-0.1, -0.05) is 112 Å². The fraction of sp³-hybridized carbons (Fsp3) is 0.442. The first-order valence-corrected chi connectivity index (χ1v) is 21.2. The van der Waals surface area contributed by atoms with E-state index in [1.165, 1.54) is 0 Å². The summed E-state index contributed by atoms with van der Waals surface area (Å²) in [6, 6.07) is 39.0. The summed E-state index contributed by atoms with van der Waals surface area (Å²) in [6.07, 6.45) is -2.67. The standard InChI is InChI=1S/C43H54O8SSi/c1-41(2,3)53(34-19-13-9-14-20-34,35-21-15-10-16-22-35)49-28-36-37(48-30-45-6)38-39(51-42(4,5)50-38)40(47-27-31-23-25-32(46-7)26-24-31)43(36,44)29-52-33-17-11-8-12-18-33/h8-26,36-40,44H,27-30H2,1-7H3/t36-,37+,38-,39-,40-,43+/m0/s1. The van der Waals surface area contributed by atoms with Crippen molar-refractivity contribution in [3.8, 4) is 5.75 Å². The average molecular weight is 759 g/mol. The second kappa shape index (κ2) is 16.8. The van der Waals surface area contributed by atoms with Crippen molar-refractivity contribution in [2.45, 2.75) is 87.0 Å². The Morgan fingerprint density at radius 1 is 0.755 bits per heavy atom. The summed E-state index contributed by atoms with van der Waals surface area (Å²) in [7, 11) is 0.210. The van der Waals surface area contributed by atoms with Crippen molar-refractivity contribution in [3.63, 3.8) is 0 Å².